The van der Waals surface area contributed by atoms with E-state index in [9.17, 15) is 34.6 Å². The Hall–Kier alpha value is -5.85. The van der Waals surface area contributed by atoms with Crippen LogP contribution < -0.4 is 15.2 Å². The SMILES string of the molecule is COCCO.COCCOC(=O)Oc1ccc([N+](=O)[O-])cc1.COCCOCCOC(=O)Cc1nc(N)nnc1-c1cccc(Cl)c1Cl.O=C(Cl)Oc1ccc([N+](=O)[O-])cc1. The van der Waals surface area contributed by atoms with Crippen LogP contribution in [0, 0.1) is 20.2 Å². The molecular weight excluding hydrogens is 879 g/mol. The van der Waals surface area contributed by atoms with Crippen molar-refractivity contribution in [2.75, 3.05) is 79.9 Å². The smallest absolute Gasteiger partial charge is 0.463 e. The molecule has 0 amide bonds. The molecule has 0 saturated carbocycles. The van der Waals surface area contributed by atoms with E-state index in [1.54, 1.807) is 32.4 Å². The Bertz CT molecular complexity index is 1960. The average molecular weight is 920 g/mol. The Kier molecular flexibility index (Phi) is 27.1. The van der Waals surface area contributed by atoms with E-state index in [-0.39, 0.29) is 73.3 Å². The van der Waals surface area contributed by atoms with E-state index < -0.39 is 27.4 Å². The van der Waals surface area contributed by atoms with Crippen molar-refractivity contribution in [2.24, 2.45) is 0 Å². The molecule has 3 aromatic carbocycles. The van der Waals surface area contributed by atoms with Gasteiger partial charge in [0.25, 0.3) is 11.4 Å². The van der Waals surface area contributed by atoms with E-state index in [1.807, 2.05) is 0 Å². The summed E-state index contributed by atoms with van der Waals surface area (Å²) in [7, 11) is 4.61. The number of aliphatic hydroxyl groups is 1. The number of nitrogens with two attached hydrogens (primary N) is 1. The number of halogens is 3. The molecule has 4 aromatic rings. The van der Waals surface area contributed by atoms with Gasteiger partial charge in [-0.05, 0) is 30.3 Å². The van der Waals surface area contributed by atoms with Crippen LogP contribution in [0.3, 0.4) is 0 Å². The number of aliphatic hydroxyl groups excluding tert-OH is 1. The molecule has 0 bridgehead atoms. The number of anilines is 1. The number of hydrogen-bond acceptors (Lipinski definition) is 20. The van der Waals surface area contributed by atoms with Crippen LogP contribution in [-0.2, 0) is 39.6 Å². The van der Waals surface area contributed by atoms with Crippen LogP contribution >= 0.6 is 34.8 Å². The van der Waals surface area contributed by atoms with Gasteiger partial charge in [-0.1, -0.05) is 35.3 Å². The highest BCUT2D eigenvalue weighted by molar-refractivity contribution is 6.61. The fourth-order valence-corrected chi connectivity index (χ4v) is 4.31. The van der Waals surface area contributed by atoms with Crippen LogP contribution in [0.1, 0.15) is 5.69 Å². The second kappa shape index (κ2) is 31.1. The Morgan fingerprint density at radius 1 is 0.721 bits per heavy atom. The van der Waals surface area contributed by atoms with Crippen molar-refractivity contribution >= 4 is 69.7 Å². The maximum Gasteiger partial charge on any atom is 0.513 e. The van der Waals surface area contributed by atoms with E-state index in [0.29, 0.717) is 41.8 Å². The summed E-state index contributed by atoms with van der Waals surface area (Å²) >= 11 is 17.2. The summed E-state index contributed by atoms with van der Waals surface area (Å²) in [5.41, 5.74) is 5.58. The van der Waals surface area contributed by atoms with Gasteiger partial charge >= 0.3 is 17.6 Å². The number of non-ortho nitro benzene ring substituents is 2. The van der Waals surface area contributed by atoms with E-state index in [4.69, 9.17) is 64.6 Å². The van der Waals surface area contributed by atoms with Gasteiger partial charge in [0.05, 0.1) is 71.6 Å². The molecule has 0 unspecified atom stereocenters. The number of rotatable bonds is 18. The number of ether oxygens (including phenoxy) is 8. The molecule has 25 heteroatoms. The van der Waals surface area contributed by atoms with Crippen molar-refractivity contribution in [3.05, 3.63) is 103 Å². The zero-order valence-electron chi connectivity index (χ0n) is 32.7. The largest absolute Gasteiger partial charge is 0.513 e. The summed E-state index contributed by atoms with van der Waals surface area (Å²) in [5.74, 6) is -0.208. The van der Waals surface area contributed by atoms with Crippen molar-refractivity contribution in [3.63, 3.8) is 0 Å². The minimum atomic E-state index is -0.978. The van der Waals surface area contributed by atoms with Gasteiger partial charge in [-0.2, -0.15) is 0 Å². The normalized spacial score (nSPS) is 9.95. The fraction of sp³-hybridized carbons (Fsp3) is 0.333. The number of nitrogen functional groups attached to an aromatic ring is 1. The van der Waals surface area contributed by atoms with E-state index in [0.717, 1.165) is 0 Å². The van der Waals surface area contributed by atoms with Crippen molar-refractivity contribution < 1.29 is 67.2 Å². The average Bonchev–Trinajstić information content (AvgIpc) is 3.22. The molecule has 332 valence electrons. The van der Waals surface area contributed by atoms with Gasteiger partial charge in [0.1, 0.15) is 30.4 Å². The summed E-state index contributed by atoms with van der Waals surface area (Å²) in [6.45, 7) is 2.21. The van der Waals surface area contributed by atoms with Gasteiger partial charge in [-0.15, -0.1) is 10.2 Å². The molecular formula is C36H41Cl3N6O16. The summed E-state index contributed by atoms with van der Waals surface area (Å²) in [4.78, 5) is 56.9. The lowest BCUT2D eigenvalue weighted by atomic mass is 10.1. The van der Waals surface area contributed by atoms with Gasteiger partial charge in [0.15, 0.2) is 0 Å². The molecule has 4 rings (SSSR count). The number of carbonyl (C=O) groups excluding carboxylic acids is 3. The summed E-state index contributed by atoms with van der Waals surface area (Å²) < 4.78 is 38.2. The lowest BCUT2D eigenvalue weighted by Gasteiger charge is -2.10. The van der Waals surface area contributed by atoms with Gasteiger partial charge in [0.2, 0.25) is 5.95 Å². The zero-order valence-corrected chi connectivity index (χ0v) is 35.0. The molecule has 3 N–H and O–H groups in total. The van der Waals surface area contributed by atoms with Crippen LogP contribution in [0.25, 0.3) is 11.3 Å². The molecule has 0 radical (unpaired) electrons. The first-order chi connectivity index (χ1) is 29.2. The van der Waals surface area contributed by atoms with Gasteiger partial charge < -0.3 is 48.7 Å². The van der Waals surface area contributed by atoms with Gasteiger partial charge in [0, 0.05) is 62.8 Å². The first-order valence-corrected chi connectivity index (χ1v) is 18.3. The number of benzene rings is 3. The molecule has 1 heterocycles. The molecule has 0 fully saturated rings. The maximum absolute atomic E-state index is 12.1. The highest BCUT2D eigenvalue weighted by atomic mass is 35.5. The highest BCUT2D eigenvalue weighted by Crippen LogP contribution is 2.33. The number of nitrogens with zero attached hydrogens (tertiary/aromatic N) is 5. The third kappa shape index (κ3) is 22.9. The third-order valence-electron chi connectivity index (χ3n) is 6.51. The number of esters is 1. The monoisotopic (exact) mass is 918 g/mol. The molecule has 0 aliphatic rings. The number of aromatic nitrogens is 3. The maximum atomic E-state index is 12.1. The Labute approximate surface area is 362 Å². The fourth-order valence-electron chi connectivity index (χ4n) is 3.83. The van der Waals surface area contributed by atoms with Gasteiger partial charge in [-0.3, -0.25) is 25.0 Å². The number of hydrogen-bond donors (Lipinski definition) is 2. The predicted octanol–water partition coefficient (Wildman–Crippen LogP) is 5.89. The first kappa shape index (κ1) is 53.2. The van der Waals surface area contributed by atoms with E-state index >= 15 is 0 Å². The van der Waals surface area contributed by atoms with Crippen molar-refractivity contribution in [3.8, 4) is 22.8 Å². The van der Waals surface area contributed by atoms with E-state index in [2.05, 4.69) is 34.1 Å². The standard InChI is InChI=1S/C16H18Cl2N4O4.C10H11NO6.C7H4ClNO4.C3H8O2/c1-24-5-6-25-7-8-26-13(23)9-12-15(21-22-16(19)20-12)10-3-2-4-11(17)14(10)18;1-15-6-7-16-10(12)17-9-4-2-8(3-5-9)11(13)14;8-7(10)13-6-3-1-5(2-4-6)9(11)12;1-5-3-2-4/h2-4H,5-9H2,1H3,(H2,19,20,22);2-5H,6-7H2,1H3;1-4H;4H,2-3H2,1H3. The van der Waals surface area contributed by atoms with Crippen molar-refractivity contribution in [1.82, 2.24) is 15.2 Å². The minimum Gasteiger partial charge on any atom is -0.463 e. The van der Waals surface area contributed by atoms with Crippen molar-refractivity contribution in [1.29, 1.82) is 0 Å². The molecule has 0 atom stereocenters. The second-order valence-corrected chi connectivity index (χ2v) is 11.9. The Morgan fingerprint density at radius 2 is 1.25 bits per heavy atom. The molecule has 0 aliphatic heterocycles. The lowest BCUT2D eigenvalue weighted by molar-refractivity contribution is -0.385. The predicted molar refractivity (Wildman–Crippen MR) is 218 cm³/mol. The highest BCUT2D eigenvalue weighted by Gasteiger charge is 2.18. The molecule has 61 heavy (non-hydrogen) atoms. The summed E-state index contributed by atoms with van der Waals surface area (Å²) in [6.07, 6.45) is -1.02. The number of nitro benzene ring substituents is 2. The molecule has 0 saturated heterocycles. The van der Waals surface area contributed by atoms with Crippen molar-refractivity contribution in [2.45, 2.75) is 6.42 Å². The molecule has 0 aliphatic carbocycles. The van der Waals surface area contributed by atoms with Gasteiger partial charge in [-0.25, -0.2) is 14.6 Å². The van der Waals surface area contributed by atoms with Crippen LogP contribution in [0.2, 0.25) is 10.0 Å². The third-order valence-corrected chi connectivity index (χ3v) is 7.41. The van der Waals surface area contributed by atoms with Crippen LogP contribution in [0.4, 0.5) is 26.9 Å². The van der Waals surface area contributed by atoms with Crippen LogP contribution in [-0.4, -0.2) is 122 Å². The quantitative estimate of drug-likeness (QED) is 0.0293. The molecule has 0 spiro atoms. The second-order valence-electron chi connectivity index (χ2n) is 10.8. The first-order valence-electron chi connectivity index (χ1n) is 17.1. The Balaban J connectivity index is 0.000000458. The lowest BCUT2D eigenvalue weighted by Crippen LogP contribution is -2.16. The van der Waals surface area contributed by atoms with E-state index in [1.165, 1.54) is 55.6 Å². The van der Waals surface area contributed by atoms with Crippen LogP contribution in [0.15, 0.2) is 66.7 Å². The topological polar surface area (TPSA) is 296 Å². The summed E-state index contributed by atoms with van der Waals surface area (Å²) in [5, 5.41) is 36.9. The Morgan fingerprint density at radius 3 is 1.75 bits per heavy atom. The summed E-state index contributed by atoms with van der Waals surface area (Å²) in [6, 6.07) is 15.2. The van der Waals surface area contributed by atoms with Crippen LogP contribution in [0.5, 0.6) is 11.5 Å². The molecule has 1 aromatic heterocycles. The number of methoxy groups -OCH3 is 3. The number of carbonyl (C=O) groups is 3. The minimum absolute atomic E-state index is 0.0578. The molecule has 22 nitrogen and oxygen atoms in total. The zero-order chi connectivity index (χ0) is 45.6. The number of nitro groups is 2.